The van der Waals surface area contributed by atoms with E-state index in [-0.39, 0.29) is 0 Å². The van der Waals surface area contributed by atoms with E-state index >= 15 is 0 Å². The molecule has 0 saturated carbocycles. The topological polar surface area (TPSA) is 49.5 Å². The molecule has 3 nitrogen and oxygen atoms in total. The zero-order valence-corrected chi connectivity index (χ0v) is 8.62. The third kappa shape index (κ3) is 1.44. The zero-order valence-electron chi connectivity index (χ0n) is 8.62. The van der Waals surface area contributed by atoms with Crippen LogP contribution in [-0.2, 0) is 0 Å². The Bertz CT molecular complexity index is 332. The fourth-order valence-corrected chi connectivity index (χ4v) is 2.05. The first-order chi connectivity index (χ1) is 6.49. The van der Waals surface area contributed by atoms with Crippen LogP contribution in [-0.4, -0.2) is 23.8 Å². The Morgan fingerprint density at radius 1 is 1.43 bits per heavy atom. The molecule has 1 fully saturated rings. The third-order valence-electron chi connectivity index (χ3n) is 2.65. The lowest BCUT2D eigenvalue weighted by molar-refractivity contribution is 0.0311. The maximum absolute atomic E-state index is 9.64. The first-order valence-electron chi connectivity index (χ1n) is 4.82. The van der Waals surface area contributed by atoms with Gasteiger partial charge in [0.25, 0.3) is 0 Å². The van der Waals surface area contributed by atoms with E-state index in [9.17, 15) is 5.11 Å². The van der Waals surface area contributed by atoms with E-state index in [1.807, 2.05) is 32.0 Å². The van der Waals surface area contributed by atoms with Crippen LogP contribution in [0.4, 0.5) is 11.4 Å². The summed E-state index contributed by atoms with van der Waals surface area (Å²) in [6.07, 6.45) is 0. The second-order valence-corrected chi connectivity index (χ2v) is 4.37. The van der Waals surface area contributed by atoms with E-state index < -0.39 is 5.60 Å². The van der Waals surface area contributed by atoms with Crippen molar-refractivity contribution in [2.75, 3.05) is 23.7 Å². The molecule has 0 amide bonds. The first-order valence-corrected chi connectivity index (χ1v) is 4.82. The van der Waals surface area contributed by atoms with Crippen LogP contribution in [0.1, 0.15) is 12.5 Å². The number of nitrogens with zero attached hydrogens (tertiary/aromatic N) is 1. The maximum atomic E-state index is 9.64. The molecule has 1 heterocycles. The number of benzene rings is 1. The highest BCUT2D eigenvalue weighted by atomic mass is 16.3. The van der Waals surface area contributed by atoms with Gasteiger partial charge in [0.15, 0.2) is 0 Å². The average Bonchev–Trinajstić information content (AvgIpc) is 2.00. The summed E-state index contributed by atoms with van der Waals surface area (Å²) in [5.41, 5.74) is 8.38. The maximum Gasteiger partial charge on any atom is 0.0967 e. The van der Waals surface area contributed by atoms with Crippen molar-refractivity contribution >= 4 is 11.4 Å². The van der Waals surface area contributed by atoms with Crippen LogP contribution in [0.5, 0.6) is 0 Å². The number of nitrogens with two attached hydrogens (primary N) is 1. The second-order valence-electron chi connectivity index (χ2n) is 4.37. The van der Waals surface area contributed by atoms with Crippen LogP contribution in [0.25, 0.3) is 0 Å². The SMILES string of the molecule is Cc1cccc(N)c1N1CC(C)(O)C1. The second kappa shape index (κ2) is 2.89. The van der Waals surface area contributed by atoms with Crippen molar-refractivity contribution in [1.82, 2.24) is 0 Å². The third-order valence-corrected chi connectivity index (χ3v) is 2.65. The van der Waals surface area contributed by atoms with Crippen molar-refractivity contribution in [3.8, 4) is 0 Å². The van der Waals surface area contributed by atoms with Gasteiger partial charge in [-0.2, -0.15) is 0 Å². The highest BCUT2D eigenvalue weighted by Gasteiger charge is 2.37. The van der Waals surface area contributed by atoms with Gasteiger partial charge in [-0.25, -0.2) is 0 Å². The molecule has 14 heavy (non-hydrogen) atoms. The van der Waals surface area contributed by atoms with Crippen LogP contribution in [0, 0.1) is 6.92 Å². The molecule has 2 rings (SSSR count). The number of aryl methyl sites for hydroxylation is 1. The summed E-state index contributed by atoms with van der Waals surface area (Å²) < 4.78 is 0. The van der Waals surface area contributed by atoms with Crippen molar-refractivity contribution in [3.63, 3.8) is 0 Å². The Morgan fingerprint density at radius 2 is 2.07 bits per heavy atom. The van der Waals surface area contributed by atoms with E-state index in [1.165, 1.54) is 5.56 Å². The summed E-state index contributed by atoms with van der Waals surface area (Å²) >= 11 is 0. The predicted octanol–water partition coefficient (Wildman–Crippen LogP) is 1.15. The summed E-state index contributed by atoms with van der Waals surface area (Å²) in [5, 5.41) is 9.64. The first kappa shape index (κ1) is 9.34. The smallest absolute Gasteiger partial charge is 0.0967 e. The monoisotopic (exact) mass is 192 g/mol. The molecule has 0 aromatic heterocycles. The van der Waals surface area contributed by atoms with Crippen LogP contribution in [0.15, 0.2) is 18.2 Å². The lowest BCUT2D eigenvalue weighted by Gasteiger charge is -2.46. The number of nitrogen functional groups attached to an aromatic ring is 1. The molecule has 1 aliphatic rings. The number of hydrogen-bond donors (Lipinski definition) is 2. The fourth-order valence-electron chi connectivity index (χ4n) is 2.05. The number of aliphatic hydroxyl groups is 1. The van der Waals surface area contributed by atoms with Crippen LogP contribution < -0.4 is 10.6 Å². The summed E-state index contributed by atoms with van der Waals surface area (Å²) in [6, 6.07) is 5.89. The molecule has 0 radical (unpaired) electrons. The zero-order chi connectivity index (χ0) is 10.3. The molecular weight excluding hydrogens is 176 g/mol. The van der Waals surface area contributed by atoms with Gasteiger partial charge in [0.2, 0.25) is 0 Å². The van der Waals surface area contributed by atoms with Gasteiger partial charge >= 0.3 is 0 Å². The van der Waals surface area contributed by atoms with Crippen LogP contribution in [0.2, 0.25) is 0 Å². The van der Waals surface area contributed by atoms with Gasteiger partial charge in [-0.3, -0.25) is 0 Å². The molecule has 0 aliphatic carbocycles. The quantitative estimate of drug-likeness (QED) is 0.656. The minimum atomic E-state index is -0.547. The van der Waals surface area contributed by atoms with Crippen LogP contribution >= 0.6 is 0 Å². The van der Waals surface area contributed by atoms with Gasteiger partial charge in [-0.15, -0.1) is 0 Å². The number of rotatable bonds is 1. The molecule has 0 atom stereocenters. The molecule has 76 valence electrons. The standard InChI is InChI=1S/C11H16N2O/c1-8-4-3-5-9(12)10(8)13-6-11(2,14)7-13/h3-5,14H,6-7,12H2,1-2H3. The normalized spacial score (nSPS) is 19.2. The Kier molecular flexibility index (Phi) is 1.93. The minimum Gasteiger partial charge on any atom is -0.397 e. The number of anilines is 2. The molecule has 3 N–H and O–H groups in total. The molecule has 1 saturated heterocycles. The molecule has 1 aliphatic heterocycles. The van der Waals surface area contributed by atoms with Crippen molar-refractivity contribution < 1.29 is 5.11 Å². The molecular formula is C11H16N2O. The van der Waals surface area contributed by atoms with Crippen LogP contribution in [0.3, 0.4) is 0 Å². The Balaban J connectivity index is 2.26. The van der Waals surface area contributed by atoms with E-state index in [2.05, 4.69) is 4.90 Å². The van der Waals surface area contributed by atoms with Crippen molar-refractivity contribution in [2.45, 2.75) is 19.4 Å². The molecule has 0 spiro atoms. The average molecular weight is 192 g/mol. The van der Waals surface area contributed by atoms with Gasteiger partial charge < -0.3 is 15.7 Å². The van der Waals surface area contributed by atoms with Gasteiger partial charge in [-0.05, 0) is 25.5 Å². The Labute approximate surface area is 84.1 Å². The van der Waals surface area contributed by atoms with Crippen molar-refractivity contribution in [3.05, 3.63) is 23.8 Å². The van der Waals surface area contributed by atoms with E-state index in [4.69, 9.17) is 5.73 Å². The Hall–Kier alpha value is -1.22. The highest BCUT2D eigenvalue weighted by molar-refractivity contribution is 5.72. The molecule has 1 aromatic carbocycles. The largest absolute Gasteiger partial charge is 0.397 e. The summed E-state index contributed by atoms with van der Waals surface area (Å²) in [5.74, 6) is 0. The predicted molar refractivity (Wildman–Crippen MR) is 58.4 cm³/mol. The van der Waals surface area contributed by atoms with E-state index in [0.29, 0.717) is 13.1 Å². The number of para-hydroxylation sites is 1. The lowest BCUT2D eigenvalue weighted by atomic mass is 9.95. The molecule has 3 heteroatoms. The molecule has 0 unspecified atom stereocenters. The van der Waals surface area contributed by atoms with Gasteiger partial charge in [-0.1, -0.05) is 12.1 Å². The lowest BCUT2D eigenvalue weighted by Crippen LogP contribution is -2.60. The Morgan fingerprint density at radius 3 is 2.57 bits per heavy atom. The molecule has 0 bridgehead atoms. The summed E-state index contributed by atoms with van der Waals surface area (Å²) in [6.45, 7) is 5.22. The summed E-state index contributed by atoms with van der Waals surface area (Å²) in [7, 11) is 0. The van der Waals surface area contributed by atoms with E-state index in [0.717, 1.165) is 11.4 Å². The van der Waals surface area contributed by atoms with Crippen molar-refractivity contribution in [1.29, 1.82) is 0 Å². The fraction of sp³-hybridized carbons (Fsp3) is 0.455. The van der Waals surface area contributed by atoms with Crippen molar-refractivity contribution in [2.24, 2.45) is 0 Å². The number of hydrogen-bond acceptors (Lipinski definition) is 3. The van der Waals surface area contributed by atoms with E-state index in [1.54, 1.807) is 0 Å². The summed E-state index contributed by atoms with van der Waals surface area (Å²) in [4.78, 5) is 2.12. The number of β-amino-alcohol motifs (C(OH)–C–C–N with tert-alkyl or cyclic N) is 1. The highest BCUT2D eigenvalue weighted by Crippen LogP contribution is 2.34. The molecule has 1 aromatic rings. The van der Waals surface area contributed by atoms with Gasteiger partial charge in [0, 0.05) is 13.1 Å². The van der Waals surface area contributed by atoms with Gasteiger partial charge in [0.05, 0.1) is 17.0 Å². The van der Waals surface area contributed by atoms with Gasteiger partial charge in [0.1, 0.15) is 0 Å². The minimum absolute atomic E-state index is 0.547.